The monoisotopic (exact) mass is 356 g/mol. The molecule has 2 aromatic rings. The van der Waals surface area contributed by atoms with Gasteiger partial charge in [0, 0.05) is 11.1 Å². The number of nitrogens with one attached hydrogen (secondary N) is 1. The molecule has 1 aliphatic carbocycles. The molecular formula is C18H17ClN4O2. The Bertz CT molecular complexity index is 814. The summed E-state index contributed by atoms with van der Waals surface area (Å²) in [5, 5.41) is 3.72. The molecule has 1 saturated heterocycles. The van der Waals surface area contributed by atoms with Crippen molar-refractivity contribution in [1.82, 2.24) is 15.3 Å². The van der Waals surface area contributed by atoms with Crippen LogP contribution in [-0.2, 0) is 4.79 Å². The first-order valence-electron chi connectivity index (χ1n) is 8.29. The third-order valence-corrected chi connectivity index (χ3v) is 5.39. The fraction of sp³-hybridized carbons (Fsp3) is 0.333. The Morgan fingerprint density at radius 1 is 1.12 bits per heavy atom. The van der Waals surface area contributed by atoms with Crippen LogP contribution in [-0.4, -0.2) is 27.9 Å². The Kier molecular flexibility index (Phi) is 4.13. The minimum atomic E-state index is -0.416. The van der Waals surface area contributed by atoms with Gasteiger partial charge in [-0.05, 0) is 36.8 Å². The summed E-state index contributed by atoms with van der Waals surface area (Å²) in [7, 11) is 0. The molecule has 1 aromatic heterocycles. The number of halogens is 1. The zero-order valence-corrected chi connectivity index (χ0v) is 14.2. The van der Waals surface area contributed by atoms with Crippen molar-refractivity contribution >= 4 is 29.2 Å². The third-order valence-electron chi connectivity index (χ3n) is 5.05. The molecule has 2 heterocycles. The van der Waals surface area contributed by atoms with Gasteiger partial charge in [0.05, 0.1) is 24.0 Å². The molecule has 1 saturated carbocycles. The Hall–Kier alpha value is -2.47. The van der Waals surface area contributed by atoms with Crippen molar-refractivity contribution in [2.75, 3.05) is 4.90 Å². The van der Waals surface area contributed by atoms with Crippen molar-refractivity contribution in [3.05, 3.63) is 53.6 Å². The molecule has 3 atom stereocenters. The molecule has 6 nitrogen and oxygen atoms in total. The van der Waals surface area contributed by atoms with Crippen LogP contribution in [0.2, 0.25) is 5.02 Å². The fourth-order valence-electron chi connectivity index (χ4n) is 3.85. The van der Waals surface area contributed by atoms with Crippen LogP contribution in [0, 0.1) is 5.92 Å². The molecule has 0 radical (unpaired) electrons. The summed E-state index contributed by atoms with van der Waals surface area (Å²) in [4.78, 5) is 34.3. The van der Waals surface area contributed by atoms with E-state index in [0.717, 1.165) is 21.9 Å². The summed E-state index contributed by atoms with van der Waals surface area (Å²) in [5.74, 6) is -0.160. The van der Waals surface area contributed by atoms with E-state index in [0.29, 0.717) is 18.5 Å². The van der Waals surface area contributed by atoms with Crippen LogP contribution in [0.5, 0.6) is 0 Å². The number of fused-ring (bicyclic) bond motifs is 1. The second kappa shape index (κ2) is 6.44. The topological polar surface area (TPSA) is 75.2 Å². The van der Waals surface area contributed by atoms with Gasteiger partial charge in [-0.2, -0.15) is 0 Å². The normalized spacial score (nSPS) is 26.1. The van der Waals surface area contributed by atoms with Crippen molar-refractivity contribution in [1.29, 1.82) is 0 Å². The van der Waals surface area contributed by atoms with Crippen molar-refractivity contribution in [2.24, 2.45) is 5.92 Å². The summed E-state index contributed by atoms with van der Waals surface area (Å²) < 4.78 is 0. The number of nitrogens with zero attached hydrogens (tertiary/aromatic N) is 3. The van der Waals surface area contributed by atoms with Gasteiger partial charge in [-0.3, -0.25) is 4.79 Å². The number of benzene rings is 1. The number of amides is 3. The maximum Gasteiger partial charge on any atom is 0.329 e. The number of anilines is 1. The maximum atomic E-state index is 12.9. The van der Waals surface area contributed by atoms with Crippen LogP contribution in [0.4, 0.5) is 10.5 Å². The van der Waals surface area contributed by atoms with Gasteiger partial charge in [0.25, 0.3) is 0 Å². The number of carbonyl (C=O) groups is 2. The zero-order chi connectivity index (χ0) is 17.4. The zero-order valence-electron chi connectivity index (χ0n) is 13.4. The van der Waals surface area contributed by atoms with E-state index in [1.54, 1.807) is 0 Å². The molecule has 2 fully saturated rings. The Morgan fingerprint density at radius 3 is 2.64 bits per heavy atom. The summed E-state index contributed by atoms with van der Waals surface area (Å²) in [5.41, 5.74) is 1.49. The number of carbonyl (C=O) groups excluding carboxylic acids is 2. The molecule has 2 aliphatic rings. The van der Waals surface area contributed by atoms with Crippen molar-refractivity contribution < 1.29 is 9.59 Å². The largest absolute Gasteiger partial charge is 0.334 e. The molecule has 128 valence electrons. The first kappa shape index (κ1) is 16.0. The highest BCUT2D eigenvalue weighted by Crippen LogP contribution is 2.41. The summed E-state index contributed by atoms with van der Waals surface area (Å²) in [6.07, 6.45) is 6.61. The molecule has 7 heteroatoms. The predicted molar refractivity (Wildman–Crippen MR) is 93.4 cm³/mol. The Balaban J connectivity index is 1.56. The molecule has 1 aromatic carbocycles. The minimum absolute atomic E-state index is 0.170. The van der Waals surface area contributed by atoms with Gasteiger partial charge >= 0.3 is 6.03 Å². The van der Waals surface area contributed by atoms with Crippen molar-refractivity contribution in [2.45, 2.75) is 31.2 Å². The summed E-state index contributed by atoms with van der Waals surface area (Å²) in [6, 6.07) is 7.19. The van der Waals surface area contributed by atoms with E-state index < -0.39 is 6.03 Å². The highest BCUT2D eigenvalue weighted by atomic mass is 35.5. The molecule has 0 spiro atoms. The summed E-state index contributed by atoms with van der Waals surface area (Å²) >= 11 is 6.32. The van der Waals surface area contributed by atoms with E-state index in [1.807, 2.05) is 24.3 Å². The van der Waals surface area contributed by atoms with Gasteiger partial charge in [-0.1, -0.05) is 29.8 Å². The lowest BCUT2D eigenvalue weighted by atomic mass is 9.74. The highest BCUT2D eigenvalue weighted by Gasteiger charge is 2.45. The third kappa shape index (κ3) is 2.87. The molecule has 0 bridgehead atoms. The first-order valence-corrected chi connectivity index (χ1v) is 8.67. The fourth-order valence-corrected chi connectivity index (χ4v) is 4.14. The standard InChI is InChI=1S/C18H17ClN4O2/c19-15-4-2-1-3-13(15)11-5-6-14-16(7-11)22-18(25)23(17(14)24)12-8-20-10-21-9-12/h1-4,8-11,14,16H,5-7H2,(H,22,25). The molecule has 3 amide bonds. The van der Waals surface area contributed by atoms with Crippen LogP contribution in [0.25, 0.3) is 0 Å². The quantitative estimate of drug-likeness (QED) is 0.897. The Morgan fingerprint density at radius 2 is 1.88 bits per heavy atom. The van der Waals surface area contributed by atoms with Gasteiger partial charge in [0.15, 0.2) is 0 Å². The highest BCUT2D eigenvalue weighted by molar-refractivity contribution is 6.31. The Labute approximate surface area is 150 Å². The lowest BCUT2D eigenvalue weighted by Crippen LogP contribution is -2.61. The summed E-state index contributed by atoms with van der Waals surface area (Å²) in [6.45, 7) is 0. The first-order chi connectivity index (χ1) is 12.1. The van der Waals surface area contributed by atoms with E-state index in [4.69, 9.17) is 11.6 Å². The van der Waals surface area contributed by atoms with Gasteiger partial charge in [0.1, 0.15) is 6.33 Å². The van der Waals surface area contributed by atoms with Crippen molar-refractivity contribution in [3.63, 3.8) is 0 Å². The van der Waals surface area contributed by atoms with E-state index in [2.05, 4.69) is 15.3 Å². The molecule has 25 heavy (non-hydrogen) atoms. The average molecular weight is 357 g/mol. The van der Waals surface area contributed by atoms with Crippen LogP contribution in [0.15, 0.2) is 43.0 Å². The maximum absolute atomic E-state index is 12.9. The number of imide groups is 1. The second-order valence-electron chi connectivity index (χ2n) is 6.46. The smallest absolute Gasteiger partial charge is 0.329 e. The van der Waals surface area contributed by atoms with Gasteiger partial charge in [-0.15, -0.1) is 0 Å². The van der Waals surface area contributed by atoms with Crippen LogP contribution >= 0.6 is 11.6 Å². The SMILES string of the molecule is O=C1NC2CC(c3ccccc3Cl)CCC2C(=O)N1c1cncnc1. The van der Waals surface area contributed by atoms with E-state index in [-0.39, 0.29) is 23.8 Å². The number of urea groups is 1. The molecule has 3 unspecified atom stereocenters. The predicted octanol–water partition coefficient (Wildman–Crippen LogP) is 3.14. The molecule has 1 N–H and O–H groups in total. The number of hydrogen-bond donors (Lipinski definition) is 1. The van der Waals surface area contributed by atoms with Gasteiger partial charge < -0.3 is 5.32 Å². The molecular weight excluding hydrogens is 340 g/mol. The van der Waals surface area contributed by atoms with E-state index in [9.17, 15) is 9.59 Å². The van der Waals surface area contributed by atoms with Crippen LogP contribution < -0.4 is 10.2 Å². The number of aromatic nitrogens is 2. The minimum Gasteiger partial charge on any atom is -0.334 e. The van der Waals surface area contributed by atoms with Gasteiger partial charge in [0.2, 0.25) is 5.91 Å². The lowest BCUT2D eigenvalue weighted by Gasteiger charge is -2.42. The lowest BCUT2D eigenvalue weighted by molar-refractivity contribution is -0.124. The van der Waals surface area contributed by atoms with E-state index >= 15 is 0 Å². The molecule has 1 aliphatic heterocycles. The number of rotatable bonds is 2. The number of hydrogen-bond acceptors (Lipinski definition) is 4. The van der Waals surface area contributed by atoms with Crippen molar-refractivity contribution in [3.8, 4) is 0 Å². The van der Waals surface area contributed by atoms with Crippen LogP contribution in [0.3, 0.4) is 0 Å². The van der Waals surface area contributed by atoms with E-state index in [1.165, 1.54) is 18.7 Å². The second-order valence-corrected chi connectivity index (χ2v) is 6.87. The van der Waals surface area contributed by atoms with Gasteiger partial charge in [-0.25, -0.2) is 19.7 Å². The average Bonchev–Trinajstić information content (AvgIpc) is 2.62. The van der Waals surface area contributed by atoms with Crippen LogP contribution in [0.1, 0.15) is 30.7 Å². The molecule has 4 rings (SSSR count).